The Kier molecular flexibility index (Phi) is 3.97. The molecule has 0 radical (unpaired) electrons. The first-order valence-corrected chi connectivity index (χ1v) is 8.18. The highest BCUT2D eigenvalue weighted by Crippen LogP contribution is 2.29. The topological polar surface area (TPSA) is 29.3 Å². The van der Waals surface area contributed by atoms with Crippen LogP contribution >= 0.6 is 15.9 Å². The number of aryl methyl sites for hydroxylation is 1. The Morgan fingerprint density at radius 2 is 2.11 bits per heavy atom. The van der Waals surface area contributed by atoms with Crippen molar-refractivity contribution in [3.8, 4) is 0 Å². The van der Waals surface area contributed by atoms with Crippen LogP contribution in [0.15, 0.2) is 22.7 Å². The molecule has 1 aromatic rings. The second-order valence-corrected chi connectivity index (χ2v) is 7.28. The number of benzene rings is 1. The molecule has 0 bridgehead atoms. The van der Waals surface area contributed by atoms with E-state index in [0.29, 0.717) is 12.1 Å². The molecule has 3 unspecified atom stereocenters. The first-order chi connectivity index (χ1) is 9.11. The third-order valence-electron chi connectivity index (χ3n) is 4.61. The van der Waals surface area contributed by atoms with Gasteiger partial charge in [0.25, 0.3) is 0 Å². The van der Waals surface area contributed by atoms with Crippen LogP contribution in [0.5, 0.6) is 0 Å². The highest BCUT2D eigenvalue weighted by molar-refractivity contribution is 9.10. The Balaban J connectivity index is 1.73. The third-order valence-corrected chi connectivity index (χ3v) is 5.10. The fourth-order valence-electron chi connectivity index (χ4n) is 3.76. The minimum atomic E-state index is 0.370. The molecule has 19 heavy (non-hydrogen) atoms. The van der Waals surface area contributed by atoms with Crippen molar-refractivity contribution in [3.05, 3.63) is 33.8 Å². The number of rotatable bonds is 1. The normalized spacial score (nSPS) is 32.1. The number of hydrogen-bond donors (Lipinski definition) is 1. The minimum Gasteiger partial charge on any atom is -0.327 e. The van der Waals surface area contributed by atoms with Gasteiger partial charge < -0.3 is 5.73 Å². The Bertz CT molecular complexity index is 450. The molecule has 0 spiro atoms. The predicted molar refractivity (Wildman–Crippen MR) is 83.3 cm³/mol. The van der Waals surface area contributed by atoms with Gasteiger partial charge in [-0.3, -0.25) is 4.90 Å². The molecule has 1 fully saturated rings. The van der Waals surface area contributed by atoms with Gasteiger partial charge in [0.2, 0.25) is 0 Å². The number of likely N-dealkylation sites (tertiary alicyclic amines) is 1. The van der Waals surface area contributed by atoms with Gasteiger partial charge in [-0.1, -0.05) is 28.9 Å². The first kappa shape index (κ1) is 13.6. The Hall–Kier alpha value is -0.380. The average molecular weight is 323 g/mol. The smallest absolute Gasteiger partial charge is 0.0178 e. The Morgan fingerprint density at radius 1 is 1.26 bits per heavy atom. The van der Waals surface area contributed by atoms with Crippen LogP contribution in [0.2, 0.25) is 0 Å². The molecule has 1 heterocycles. The Morgan fingerprint density at radius 3 is 2.89 bits per heavy atom. The fourth-order valence-corrected chi connectivity index (χ4v) is 4.16. The molecule has 1 saturated heterocycles. The summed E-state index contributed by atoms with van der Waals surface area (Å²) in [4.78, 5) is 2.64. The van der Waals surface area contributed by atoms with E-state index >= 15 is 0 Å². The molecule has 0 amide bonds. The number of halogens is 1. The molecule has 104 valence electrons. The van der Waals surface area contributed by atoms with Crippen LogP contribution in [0.1, 0.15) is 30.9 Å². The maximum atomic E-state index is 6.19. The Labute approximate surface area is 124 Å². The molecule has 2 aliphatic rings. The molecule has 0 aromatic heterocycles. The summed E-state index contributed by atoms with van der Waals surface area (Å²) in [6.45, 7) is 4.64. The van der Waals surface area contributed by atoms with E-state index < -0.39 is 0 Å². The molecular weight excluding hydrogens is 300 g/mol. The van der Waals surface area contributed by atoms with Crippen LogP contribution in [-0.4, -0.2) is 30.1 Å². The van der Waals surface area contributed by atoms with Crippen molar-refractivity contribution in [3.63, 3.8) is 0 Å². The lowest BCUT2D eigenvalue weighted by molar-refractivity contribution is 0.106. The summed E-state index contributed by atoms with van der Waals surface area (Å²) in [5.41, 5.74) is 9.25. The van der Waals surface area contributed by atoms with Crippen molar-refractivity contribution >= 4 is 15.9 Å². The van der Waals surface area contributed by atoms with Crippen LogP contribution in [0.4, 0.5) is 0 Å². The van der Waals surface area contributed by atoms with Crippen LogP contribution in [0.3, 0.4) is 0 Å². The second kappa shape index (κ2) is 5.55. The maximum absolute atomic E-state index is 6.19. The largest absolute Gasteiger partial charge is 0.327 e. The summed E-state index contributed by atoms with van der Waals surface area (Å²) in [5.74, 6) is 0.745. The summed E-state index contributed by atoms with van der Waals surface area (Å²) >= 11 is 3.57. The van der Waals surface area contributed by atoms with Crippen molar-refractivity contribution < 1.29 is 0 Å². The molecule has 3 rings (SSSR count). The van der Waals surface area contributed by atoms with Gasteiger partial charge in [0.1, 0.15) is 0 Å². The molecule has 1 aliphatic carbocycles. The van der Waals surface area contributed by atoms with Gasteiger partial charge in [0.15, 0.2) is 0 Å². The highest BCUT2D eigenvalue weighted by atomic mass is 79.9. The minimum absolute atomic E-state index is 0.370. The predicted octanol–water partition coefficient (Wildman–Crippen LogP) is 2.98. The van der Waals surface area contributed by atoms with E-state index in [1.165, 1.54) is 47.8 Å². The van der Waals surface area contributed by atoms with E-state index in [-0.39, 0.29) is 0 Å². The molecule has 1 aliphatic heterocycles. The average Bonchev–Trinajstić information content (AvgIpc) is 2.37. The lowest BCUT2D eigenvalue weighted by atomic mass is 9.85. The van der Waals surface area contributed by atoms with Crippen molar-refractivity contribution in [2.24, 2.45) is 11.7 Å². The van der Waals surface area contributed by atoms with Gasteiger partial charge in [0.05, 0.1) is 0 Å². The number of fused-ring (bicyclic) bond motifs is 1. The lowest BCUT2D eigenvalue weighted by Gasteiger charge is -2.41. The molecule has 3 heteroatoms. The van der Waals surface area contributed by atoms with Gasteiger partial charge in [0, 0.05) is 29.6 Å². The molecule has 2 nitrogen and oxygen atoms in total. The zero-order valence-corrected chi connectivity index (χ0v) is 13.2. The monoisotopic (exact) mass is 322 g/mol. The summed E-state index contributed by atoms with van der Waals surface area (Å²) in [7, 11) is 0. The van der Waals surface area contributed by atoms with Crippen LogP contribution in [0.25, 0.3) is 0 Å². The highest BCUT2D eigenvalue weighted by Gasteiger charge is 2.30. The molecule has 2 N–H and O–H groups in total. The van der Waals surface area contributed by atoms with Crippen molar-refractivity contribution in [2.75, 3.05) is 13.1 Å². The third kappa shape index (κ3) is 3.04. The van der Waals surface area contributed by atoms with Crippen molar-refractivity contribution in [2.45, 2.75) is 44.7 Å². The zero-order chi connectivity index (χ0) is 13.4. The quantitative estimate of drug-likeness (QED) is 0.861. The van der Waals surface area contributed by atoms with E-state index in [1.54, 1.807) is 0 Å². The molecule has 1 aromatic carbocycles. The summed E-state index contributed by atoms with van der Waals surface area (Å²) in [5, 5.41) is 0. The summed E-state index contributed by atoms with van der Waals surface area (Å²) < 4.78 is 1.21. The van der Waals surface area contributed by atoms with E-state index in [1.807, 2.05) is 0 Å². The van der Waals surface area contributed by atoms with Crippen LogP contribution in [0, 0.1) is 5.92 Å². The second-order valence-electron chi connectivity index (χ2n) is 6.36. The standard InChI is InChI=1S/C16H23BrN2/c1-11-6-15(18)10-19(9-11)16-5-3-12-7-14(17)4-2-13(12)8-16/h2,4,7,11,15-16H,3,5-6,8-10,18H2,1H3. The van der Waals surface area contributed by atoms with Crippen LogP contribution < -0.4 is 5.73 Å². The summed E-state index contributed by atoms with van der Waals surface area (Å²) in [6.07, 6.45) is 4.87. The zero-order valence-electron chi connectivity index (χ0n) is 11.6. The van der Waals surface area contributed by atoms with Crippen molar-refractivity contribution in [1.82, 2.24) is 4.90 Å². The number of nitrogens with two attached hydrogens (primary N) is 1. The lowest BCUT2D eigenvalue weighted by Crippen LogP contribution is -2.51. The van der Waals surface area contributed by atoms with E-state index in [9.17, 15) is 0 Å². The van der Waals surface area contributed by atoms with Gasteiger partial charge in [-0.15, -0.1) is 0 Å². The van der Waals surface area contributed by atoms with Gasteiger partial charge in [-0.2, -0.15) is 0 Å². The SMILES string of the molecule is CC1CC(N)CN(C2CCc3cc(Br)ccc3C2)C1. The summed E-state index contributed by atoms with van der Waals surface area (Å²) in [6, 6.07) is 7.82. The fraction of sp³-hybridized carbons (Fsp3) is 0.625. The van der Waals surface area contributed by atoms with E-state index in [4.69, 9.17) is 5.73 Å². The number of hydrogen-bond acceptors (Lipinski definition) is 2. The molecule has 0 saturated carbocycles. The maximum Gasteiger partial charge on any atom is 0.0178 e. The van der Waals surface area contributed by atoms with Crippen molar-refractivity contribution in [1.29, 1.82) is 0 Å². The molecule has 3 atom stereocenters. The molecular formula is C16H23BrN2. The first-order valence-electron chi connectivity index (χ1n) is 7.38. The number of piperidine rings is 1. The van der Waals surface area contributed by atoms with Gasteiger partial charge >= 0.3 is 0 Å². The van der Waals surface area contributed by atoms with Gasteiger partial charge in [-0.05, 0) is 54.9 Å². The van der Waals surface area contributed by atoms with E-state index in [2.05, 4.69) is 46.0 Å². The van der Waals surface area contributed by atoms with Gasteiger partial charge in [-0.25, -0.2) is 0 Å². The number of nitrogens with zero attached hydrogens (tertiary/aromatic N) is 1. The van der Waals surface area contributed by atoms with Crippen LogP contribution in [-0.2, 0) is 12.8 Å². The van der Waals surface area contributed by atoms with E-state index in [0.717, 1.165) is 12.5 Å².